The van der Waals surface area contributed by atoms with Gasteiger partial charge in [-0.2, -0.15) is 0 Å². The van der Waals surface area contributed by atoms with Crippen molar-refractivity contribution >= 4 is 0 Å². The fourth-order valence-electron chi connectivity index (χ4n) is 2.27. The third-order valence-electron chi connectivity index (χ3n) is 3.09. The van der Waals surface area contributed by atoms with Crippen molar-refractivity contribution in [2.45, 2.75) is 38.6 Å². The third kappa shape index (κ3) is 3.49. The maximum absolute atomic E-state index is 4.01. The average molecular weight is 217 g/mol. The Bertz CT molecular complexity index is 315. The average Bonchev–Trinajstić information content (AvgIpc) is 2.29. The predicted octanol–water partition coefficient (Wildman–Crippen LogP) is 3.73. The third-order valence-corrected chi connectivity index (χ3v) is 3.09. The monoisotopic (exact) mass is 217 g/mol. The van der Waals surface area contributed by atoms with Crippen molar-refractivity contribution in [3.63, 3.8) is 0 Å². The van der Waals surface area contributed by atoms with E-state index >= 15 is 0 Å². The Kier molecular flexibility index (Phi) is 5.27. The lowest BCUT2D eigenvalue weighted by Gasteiger charge is -2.26. The number of hydrogen-bond acceptors (Lipinski definition) is 1. The van der Waals surface area contributed by atoms with Gasteiger partial charge in [0.2, 0.25) is 0 Å². The van der Waals surface area contributed by atoms with Crippen LogP contribution in [0.4, 0.5) is 0 Å². The minimum atomic E-state index is 0.491. The molecule has 0 amide bonds. The molecule has 1 aromatic rings. The van der Waals surface area contributed by atoms with Gasteiger partial charge in [0.25, 0.3) is 0 Å². The van der Waals surface area contributed by atoms with Crippen molar-refractivity contribution in [3.8, 4) is 0 Å². The highest BCUT2D eigenvalue weighted by molar-refractivity contribution is 5.21. The molecule has 0 aliphatic carbocycles. The molecule has 1 heteroatoms. The lowest BCUT2D eigenvalue weighted by atomic mass is 9.86. The lowest BCUT2D eigenvalue weighted by Crippen LogP contribution is -2.32. The zero-order valence-electron chi connectivity index (χ0n) is 10.7. The Hall–Kier alpha value is -1.08. The summed E-state index contributed by atoms with van der Waals surface area (Å²) in [5, 5.41) is 3.42. The van der Waals surface area contributed by atoms with Crippen LogP contribution in [0.3, 0.4) is 0 Å². The highest BCUT2D eigenvalue weighted by Crippen LogP contribution is 2.26. The summed E-state index contributed by atoms with van der Waals surface area (Å²) in [7, 11) is 2.04. The zero-order valence-corrected chi connectivity index (χ0v) is 10.7. The fourth-order valence-corrected chi connectivity index (χ4v) is 2.27. The Balaban J connectivity index is 2.83. The summed E-state index contributed by atoms with van der Waals surface area (Å²) in [6, 6.07) is 11.2. The second kappa shape index (κ2) is 6.49. The molecule has 0 saturated carbocycles. The van der Waals surface area contributed by atoms with Gasteiger partial charge < -0.3 is 5.32 Å². The molecule has 2 atom stereocenters. The van der Waals surface area contributed by atoms with E-state index in [9.17, 15) is 0 Å². The molecular weight excluding hydrogens is 194 g/mol. The molecule has 0 saturated heterocycles. The van der Waals surface area contributed by atoms with Gasteiger partial charge in [0, 0.05) is 6.04 Å². The number of nitrogens with one attached hydrogen (secondary N) is 1. The van der Waals surface area contributed by atoms with Crippen LogP contribution >= 0.6 is 0 Å². The van der Waals surface area contributed by atoms with E-state index in [0.29, 0.717) is 12.0 Å². The topological polar surface area (TPSA) is 12.0 Å². The van der Waals surface area contributed by atoms with Gasteiger partial charge >= 0.3 is 0 Å². The van der Waals surface area contributed by atoms with Crippen molar-refractivity contribution in [1.29, 1.82) is 0 Å². The maximum atomic E-state index is 4.01. The van der Waals surface area contributed by atoms with Crippen LogP contribution in [-0.4, -0.2) is 13.1 Å². The number of rotatable bonds is 6. The van der Waals surface area contributed by atoms with Crippen molar-refractivity contribution < 1.29 is 0 Å². The summed E-state index contributed by atoms with van der Waals surface area (Å²) in [6.07, 6.45) is 2.20. The van der Waals surface area contributed by atoms with Gasteiger partial charge in [-0.3, -0.25) is 0 Å². The van der Waals surface area contributed by atoms with Gasteiger partial charge in [-0.1, -0.05) is 42.8 Å². The first-order valence-electron chi connectivity index (χ1n) is 6.05. The molecule has 0 heterocycles. The lowest BCUT2D eigenvalue weighted by molar-refractivity contribution is 0.448. The van der Waals surface area contributed by atoms with Gasteiger partial charge in [-0.15, -0.1) is 6.58 Å². The second-order valence-electron chi connectivity index (χ2n) is 4.48. The first-order valence-corrected chi connectivity index (χ1v) is 6.05. The van der Waals surface area contributed by atoms with E-state index in [4.69, 9.17) is 0 Å². The quantitative estimate of drug-likeness (QED) is 0.716. The van der Waals surface area contributed by atoms with Crippen LogP contribution in [0.15, 0.2) is 42.5 Å². The minimum Gasteiger partial charge on any atom is -0.316 e. The molecule has 1 N–H and O–H groups in total. The molecule has 1 aromatic carbocycles. The van der Waals surface area contributed by atoms with Gasteiger partial charge in [-0.25, -0.2) is 0 Å². The zero-order chi connectivity index (χ0) is 12.0. The molecule has 0 aliphatic heterocycles. The molecule has 16 heavy (non-hydrogen) atoms. The SMILES string of the molecule is C=C(C)CC(NC)C(CC)c1ccccc1. The smallest absolute Gasteiger partial charge is 0.0170 e. The van der Waals surface area contributed by atoms with E-state index in [2.05, 4.69) is 56.1 Å². The Labute approximate surface area is 99.6 Å². The molecule has 0 spiro atoms. The first kappa shape index (κ1) is 13.0. The van der Waals surface area contributed by atoms with E-state index < -0.39 is 0 Å². The summed E-state index contributed by atoms with van der Waals surface area (Å²) >= 11 is 0. The van der Waals surface area contributed by atoms with Crippen LogP contribution in [0.25, 0.3) is 0 Å². The molecule has 2 unspecified atom stereocenters. The number of hydrogen-bond donors (Lipinski definition) is 1. The summed E-state index contributed by atoms with van der Waals surface area (Å²) in [5.41, 5.74) is 2.67. The van der Waals surface area contributed by atoms with Crippen LogP contribution in [-0.2, 0) is 0 Å². The van der Waals surface area contributed by atoms with E-state index in [1.165, 1.54) is 11.1 Å². The summed E-state index contributed by atoms with van der Waals surface area (Å²) in [4.78, 5) is 0. The van der Waals surface area contributed by atoms with Gasteiger partial charge in [0.1, 0.15) is 0 Å². The fraction of sp³-hybridized carbons (Fsp3) is 0.467. The Morgan fingerprint density at radius 3 is 2.38 bits per heavy atom. The van der Waals surface area contributed by atoms with Crippen LogP contribution < -0.4 is 5.32 Å². The van der Waals surface area contributed by atoms with Gasteiger partial charge in [0.05, 0.1) is 0 Å². The van der Waals surface area contributed by atoms with E-state index in [1.54, 1.807) is 0 Å². The van der Waals surface area contributed by atoms with Crippen molar-refractivity contribution in [2.75, 3.05) is 7.05 Å². The second-order valence-corrected chi connectivity index (χ2v) is 4.48. The summed E-state index contributed by atoms with van der Waals surface area (Å²) in [5.74, 6) is 0.572. The first-order chi connectivity index (χ1) is 7.69. The van der Waals surface area contributed by atoms with E-state index in [-0.39, 0.29) is 0 Å². The highest BCUT2D eigenvalue weighted by atomic mass is 14.9. The molecule has 0 fully saturated rings. The molecule has 0 radical (unpaired) electrons. The molecule has 1 nitrogen and oxygen atoms in total. The van der Waals surface area contributed by atoms with Crippen LogP contribution in [0.2, 0.25) is 0 Å². The van der Waals surface area contributed by atoms with Gasteiger partial charge in [-0.05, 0) is 38.3 Å². The molecule has 0 aliphatic rings. The normalized spacial score (nSPS) is 14.4. The van der Waals surface area contributed by atoms with Crippen LogP contribution in [0.1, 0.15) is 38.2 Å². The summed E-state index contributed by atoms with van der Waals surface area (Å²) < 4.78 is 0. The highest BCUT2D eigenvalue weighted by Gasteiger charge is 2.19. The summed E-state index contributed by atoms with van der Waals surface area (Å²) in [6.45, 7) is 8.36. The van der Waals surface area contributed by atoms with Crippen molar-refractivity contribution in [3.05, 3.63) is 48.0 Å². The maximum Gasteiger partial charge on any atom is 0.0170 e. The van der Waals surface area contributed by atoms with Crippen LogP contribution in [0, 0.1) is 0 Å². The molecule has 88 valence electrons. The van der Waals surface area contributed by atoms with Crippen molar-refractivity contribution in [1.82, 2.24) is 5.32 Å². The largest absolute Gasteiger partial charge is 0.316 e. The standard InChI is InChI=1S/C15H23N/c1-5-14(13-9-7-6-8-10-13)15(16-4)11-12(2)3/h6-10,14-16H,2,5,11H2,1,3-4H3. The van der Waals surface area contributed by atoms with E-state index in [1.807, 2.05) is 7.05 Å². The number of likely N-dealkylation sites (N-methyl/N-ethyl adjacent to an activating group) is 1. The van der Waals surface area contributed by atoms with Gasteiger partial charge in [0.15, 0.2) is 0 Å². The Morgan fingerprint density at radius 2 is 1.94 bits per heavy atom. The molecular formula is C15H23N. The molecule has 1 rings (SSSR count). The number of benzene rings is 1. The van der Waals surface area contributed by atoms with Crippen molar-refractivity contribution in [2.24, 2.45) is 0 Å². The predicted molar refractivity (Wildman–Crippen MR) is 71.8 cm³/mol. The van der Waals surface area contributed by atoms with E-state index in [0.717, 1.165) is 12.8 Å². The molecule has 0 bridgehead atoms. The molecule has 0 aromatic heterocycles. The van der Waals surface area contributed by atoms with Crippen LogP contribution in [0.5, 0.6) is 0 Å². The minimum absolute atomic E-state index is 0.491. The Morgan fingerprint density at radius 1 is 1.31 bits per heavy atom.